The fourth-order valence-electron chi connectivity index (χ4n) is 4.01. The first kappa shape index (κ1) is 20.1. The highest BCUT2D eigenvalue weighted by Crippen LogP contribution is 2.35. The van der Waals surface area contributed by atoms with E-state index < -0.39 is 0 Å². The summed E-state index contributed by atoms with van der Waals surface area (Å²) in [5.74, 6) is 1.30. The van der Waals surface area contributed by atoms with E-state index in [0.717, 1.165) is 27.5 Å². The van der Waals surface area contributed by atoms with Gasteiger partial charge in [0, 0.05) is 19.5 Å². The van der Waals surface area contributed by atoms with Crippen LogP contribution in [0.5, 0.6) is 11.5 Å². The number of pyridine rings is 1. The van der Waals surface area contributed by atoms with Gasteiger partial charge >= 0.3 is 5.69 Å². The van der Waals surface area contributed by atoms with Crippen LogP contribution in [0.3, 0.4) is 0 Å². The standard InChI is InChI=1S/C23H20ClN5O3/c1-27-12-18(22(24)26-27)29-21-15-9-13(14-6-8-19(31-3)20(10-14)32-4)5-7-16(15)25-11-17(21)28(2)23(29)30/h5-12H,1-4H3. The third-order valence-electron chi connectivity index (χ3n) is 5.61. The molecule has 5 aromatic rings. The van der Waals surface area contributed by atoms with Gasteiger partial charge in [0.15, 0.2) is 16.7 Å². The number of aromatic nitrogens is 5. The Bertz CT molecular complexity index is 1560. The Morgan fingerprint density at radius 3 is 2.38 bits per heavy atom. The molecule has 0 fully saturated rings. The molecule has 0 radical (unpaired) electrons. The number of hydrogen-bond donors (Lipinski definition) is 0. The lowest BCUT2D eigenvalue weighted by Crippen LogP contribution is -2.20. The number of hydrogen-bond acceptors (Lipinski definition) is 5. The molecule has 0 amide bonds. The zero-order valence-electron chi connectivity index (χ0n) is 18.0. The summed E-state index contributed by atoms with van der Waals surface area (Å²) < 4.78 is 15.5. The normalized spacial score (nSPS) is 11.4. The highest BCUT2D eigenvalue weighted by molar-refractivity contribution is 6.31. The van der Waals surface area contributed by atoms with Crippen LogP contribution in [0.15, 0.2) is 53.6 Å². The molecular weight excluding hydrogens is 430 g/mol. The molecule has 0 unspecified atom stereocenters. The molecule has 2 aromatic carbocycles. The molecule has 0 aliphatic rings. The maximum Gasteiger partial charge on any atom is 0.333 e. The number of imidazole rings is 1. The van der Waals surface area contributed by atoms with Gasteiger partial charge in [-0.1, -0.05) is 23.7 Å². The number of ether oxygens (including phenoxy) is 2. The maximum absolute atomic E-state index is 13.2. The van der Waals surface area contributed by atoms with Crippen molar-refractivity contribution < 1.29 is 9.47 Å². The van der Waals surface area contributed by atoms with Crippen LogP contribution < -0.4 is 15.2 Å². The van der Waals surface area contributed by atoms with Gasteiger partial charge in [-0.05, 0) is 35.4 Å². The highest BCUT2D eigenvalue weighted by Gasteiger charge is 2.20. The summed E-state index contributed by atoms with van der Waals surface area (Å²) in [5.41, 5.74) is 4.39. The number of nitrogens with zero attached hydrogens (tertiary/aromatic N) is 5. The Balaban J connectivity index is 1.83. The summed E-state index contributed by atoms with van der Waals surface area (Å²) in [6, 6.07) is 11.7. The molecule has 0 aliphatic carbocycles. The molecule has 0 spiro atoms. The lowest BCUT2D eigenvalue weighted by Gasteiger charge is -2.11. The van der Waals surface area contributed by atoms with Crippen molar-refractivity contribution in [2.45, 2.75) is 0 Å². The summed E-state index contributed by atoms with van der Waals surface area (Å²) in [5, 5.41) is 5.28. The van der Waals surface area contributed by atoms with Crippen molar-refractivity contribution in [1.82, 2.24) is 23.9 Å². The minimum absolute atomic E-state index is 0.222. The average molecular weight is 450 g/mol. The van der Waals surface area contributed by atoms with E-state index in [1.54, 1.807) is 54.5 Å². The molecule has 0 bridgehead atoms. The number of rotatable bonds is 4. The average Bonchev–Trinajstić information content (AvgIpc) is 3.27. The molecule has 3 heterocycles. The maximum atomic E-state index is 13.2. The van der Waals surface area contributed by atoms with Gasteiger partial charge in [-0.15, -0.1) is 0 Å². The van der Waals surface area contributed by atoms with Crippen LogP contribution in [-0.4, -0.2) is 38.1 Å². The molecule has 0 saturated heterocycles. The van der Waals surface area contributed by atoms with Crippen LogP contribution >= 0.6 is 11.6 Å². The third-order valence-corrected chi connectivity index (χ3v) is 5.88. The van der Waals surface area contributed by atoms with Gasteiger partial charge < -0.3 is 9.47 Å². The van der Waals surface area contributed by atoms with Crippen molar-refractivity contribution in [2.75, 3.05) is 14.2 Å². The van der Waals surface area contributed by atoms with Crippen LogP contribution in [0.1, 0.15) is 0 Å². The van der Waals surface area contributed by atoms with Gasteiger partial charge in [-0.2, -0.15) is 5.10 Å². The van der Waals surface area contributed by atoms with Crippen LogP contribution in [0.25, 0.3) is 38.8 Å². The fraction of sp³-hybridized carbons (Fsp3) is 0.174. The molecule has 0 aliphatic heterocycles. The molecule has 9 heteroatoms. The summed E-state index contributed by atoms with van der Waals surface area (Å²) in [4.78, 5) is 17.7. The van der Waals surface area contributed by atoms with Gasteiger partial charge in [0.1, 0.15) is 5.69 Å². The Kier molecular flexibility index (Phi) is 4.67. The van der Waals surface area contributed by atoms with E-state index in [-0.39, 0.29) is 10.8 Å². The van der Waals surface area contributed by atoms with Gasteiger partial charge in [0.25, 0.3) is 0 Å². The van der Waals surface area contributed by atoms with Crippen LogP contribution in [0, 0.1) is 0 Å². The lowest BCUT2D eigenvalue weighted by molar-refractivity contribution is 0.355. The van der Waals surface area contributed by atoms with E-state index in [2.05, 4.69) is 10.1 Å². The van der Waals surface area contributed by atoms with E-state index >= 15 is 0 Å². The Labute approximate surface area is 188 Å². The van der Waals surface area contributed by atoms with E-state index in [4.69, 9.17) is 21.1 Å². The van der Waals surface area contributed by atoms with E-state index in [0.29, 0.717) is 22.7 Å². The summed E-state index contributed by atoms with van der Waals surface area (Å²) in [7, 11) is 6.70. The monoisotopic (exact) mass is 449 g/mol. The van der Waals surface area contributed by atoms with Crippen LogP contribution in [0.4, 0.5) is 0 Å². The predicted molar refractivity (Wildman–Crippen MR) is 124 cm³/mol. The minimum atomic E-state index is -0.222. The summed E-state index contributed by atoms with van der Waals surface area (Å²) in [6.45, 7) is 0. The molecule has 162 valence electrons. The SMILES string of the molecule is COc1ccc(-c2ccc3ncc4c(c3c2)n(-c2cn(C)nc2Cl)c(=O)n4C)cc1OC. The summed E-state index contributed by atoms with van der Waals surface area (Å²) in [6.07, 6.45) is 3.43. The number of benzene rings is 2. The molecule has 8 nitrogen and oxygen atoms in total. The second-order valence-electron chi connectivity index (χ2n) is 7.45. The van der Waals surface area contributed by atoms with Gasteiger partial charge in [0.2, 0.25) is 0 Å². The number of aryl methyl sites for hydroxylation is 2. The Hall–Kier alpha value is -3.78. The topological polar surface area (TPSA) is 76.1 Å². The Morgan fingerprint density at radius 1 is 0.969 bits per heavy atom. The van der Waals surface area contributed by atoms with Crippen molar-refractivity contribution in [3.8, 4) is 28.3 Å². The van der Waals surface area contributed by atoms with Gasteiger partial charge in [0.05, 0.1) is 43.2 Å². The number of halogens is 1. The van der Waals surface area contributed by atoms with Crippen LogP contribution in [0.2, 0.25) is 5.15 Å². The zero-order valence-corrected chi connectivity index (χ0v) is 18.7. The first-order valence-corrected chi connectivity index (χ1v) is 10.2. The fourth-order valence-corrected chi connectivity index (χ4v) is 4.27. The molecule has 5 rings (SSSR count). The van der Waals surface area contributed by atoms with Gasteiger partial charge in [-0.25, -0.2) is 4.79 Å². The quantitative estimate of drug-likeness (QED) is 0.415. The van der Waals surface area contributed by atoms with Gasteiger partial charge in [-0.3, -0.25) is 18.8 Å². The van der Waals surface area contributed by atoms with Crippen LogP contribution in [-0.2, 0) is 14.1 Å². The van der Waals surface area contributed by atoms with Crippen molar-refractivity contribution in [1.29, 1.82) is 0 Å². The van der Waals surface area contributed by atoms with E-state index in [9.17, 15) is 4.79 Å². The summed E-state index contributed by atoms with van der Waals surface area (Å²) >= 11 is 6.36. The van der Waals surface area contributed by atoms with Crippen molar-refractivity contribution >= 4 is 33.5 Å². The first-order chi connectivity index (χ1) is 15.4. The van der Waals surface area contributed by atoms with E-state index in [1.165, 1.54) is 0 Å². The third kappa shape index (κ3) is 2.95. The molecule has 0 N–H and O–H groups in total. The lowest BCUT2D eigenvalue weighted by atomic mass is 10.0. The van der Waals surface area contributed by atoms with E-state index in [1.807, 2.05) is 36.4 Å². The highest BCUT2D eigenvalue weighted by atomic mass is 35.5. The minimum Gasteiger partial charge on any atom is -0.493 e. The first-order valence-electron chi connectivity index (χ1n) is 9.85. The predicted octanol–water partition coefficient (Wildman–Crippen LogP) is 3.95. The van der Waals surface area contributed by atoms with Crippen molar-refractivity contribution in [3.63, 3.8) is 0 Å². The van der Waals surface area contributed by atoms with Crippen molar-refractivity contribution in [2.24, 2.45) is 14.1 Å². The zero-order chi connectivity index (χ0) is 22.6. The second kappa shape index (κ2) is 7.42. The molecule has 0 saturated carbocycles. The van der Waals surface area contributed by atoms with Crippen molar-refractivity contribution in [3.05, 3.63) is 64.4 Å². The largest absolute Gasteiger partial charge is 0.493 e. The Morgan fingerprint density at radius 2 is 1.69 bits per heavy atom. The molecule has 0 atom stereocenters. The second-order valence-corrected chi connectivity index (χ2v) is 7.81. The molecule has 3 aromatic heterocycles. The molecule has 32 heavy (non-hydrogen) atoms. The smallest absolute Gasteiger partial charge is 0.333 e. The number of methoxy groups -OCH3 is 2. The number of fused-ring (bicyclic) bond motifs is 3. The molecular formula is C23H20ClN5O3.